The third kappa shape index (κ3) is 3.53. The van der Waals surface area contributed by atoms with E-state index in [1.165, 1.54) is 49.8 Å². The Labute approximate surface area is 152 Å². The Morgan fingerprint density at radius 3 is 2.80 bits per heavy atom. The average Bonchev–Trinajstić information content (AvgIpc) is 3.12. The van der Waals surface area contributed by atoms with E-state index in [9.17, 15) is 0 Å². The number of rotatable bonds is 5. The van der Waals surface area contributed by atoms with Gasteiger partial charge in [0.1, 0.15) is 5.75 Å². The Morgan fingerprint density at radius 1 is 1.16 bits per heavy atom. The van der Waals surface area contributed by atoms with E-state index in [0.29, 0.717) is 17.9 Å². The van der Waals surface area contributed by atoms with E-state index in [1.54, 1.807) is 0 Å². The Kier molecular flexibility index (Phi) is 5.21. The topological polar surface area (TPSA) is 30.5 Å². The van der Waals surface area contributed by atoms with Gasteiger partial charge in [-0.3, -0.25) is 0 Å². The summed E-state index contributed by atoms with van der Waals surface area (Å²) in [6.45, 7) is 6.19. The van der Waals surface area contributed by atoms with Gasteiger partial charge in [0.25, 0.3) is 0 Å². The summed E-state index contributed by atoms with van der Waals surface area (Å²) in [6.07, 6.45) is 9.47. The lowest BCUT2D eigenvalue weighted by Crippen LogP contribution is -2.42. The number of para-hydroxylation sites is 1. The van der Waals surface area contributed by atoms with Crippen LogP contribution in [-0.2, 0) is 4.74 Å². The second-order valence-corrected chi connectivity index (χ2v) is 8.56. The summed E-state index contributed by atoms with van der Waals surface area (Å²) in [5.74, 6) is 3.11. The SMILES string of the molecule is CC(C)CCOc1cccc2c1NC(C1CCCCC1)[C@@H]1CCOC21. The Bertz CT molecular complexity index is 579. The summed E-state index contributed by atoms with van der Waals surface area (Å²) in [5, 5.41) is 3.94. The number of benzene rings is 1. The standard InChI is InChI=1S/C22H33NO2/c1-15(2)11-13-24-19-10-6-9-17-21(19)23-20(16-7-4-3-5-8-16)18-12-14-25-22(17)18/h6,9-10,15-16,18,20,22-23H,3-5,7-8,11-14H2,1-2H3/t18-,20?,22?/m0/s1. The van der Waals surface area contributed by atoms with Gasteiger partial charge in [0, 0.05) is 24.1 Å². The second-order valence-electron chi connectivity index (χ2n) is 8.56. The van der Waals surface area contributed by atoms with Crippen LogP contribution in [-0.4, -0.2) is 19.3 Å². The van der Waals surface area contributed by atoms with Gasteiger partial charge in [-0.1, -0.05) is 45.2 Å². The molecule has 0 bridgehead atoms. The zero-order valence-corrected chi connectivity index (χ0v) is 15.8. The van der Waals surface area contributed by atoms with E-state index in [-0.39, 0.29) is 6.10 Å². The molecule has 4 rings (SSSR count). The highest BCUT2D eigenvalue weighted by atomic mass is 16.5. The van der Waals surface area contributed by atoms with E-state index in [2.05, 4.69) is 37.4 Å². The molecule has 1 aromatic rings. The van der Waals surface area contributed by atoms with Gasteiger partial charge in [-0.25, -0.2) is 0 Å². The third-order valence-corrected chi connectivity index (χ3v) is 6.39. The van der Waals surface area contributed by atoms with E-state index in [1.807, 2.05) is 0 Å². The molecule has 1 N–H and O–H groups in total. The molecule has 0 radical (unpaired) electrons. The predicted octanol–water partition coefficient (Wildman–Crippen LogP) is 5.56. The number of anilines is 1. The fourth-order valence-electron chi connectivity index (χ4n) is 4.99. The van der Waals surface area contributed by atoms with Crippen LogP contribution < -0.4 is 10.1 Å². The largest absolute Gasteiger partial charge is 0.491 e. The summed E-state index contributed by atoms with van der Waals surface area (Å²) in [5.41, 5.74) is 2.53. The van der Waals surface area contributed by atoms with Crippen molar-refractivity contribution >= 4 is 5.69 Å². The first-order valence-corrected chi connectivity index (χ1v) is 10.4. The molecule has 3 heteroatoms. The number of fused-ring (bicyclic) bond motifs is 3. The highest BCUT2D eigenvalue weighted by Gasteiger charge is 2.44. The maximum Gasteiger partial charge on any atom is 0.142 e. The van der Waals surface area contributed by atoms with Crippen LogP contribution in [0.2, 0.25) is 0 Å². The average molecular weight is 344 g/mol. The number of hydrogen-bond donors (Lipinski definition) is 1. The first-order chi connectivity index (χ1) is 12.2. The summed E-state index contributed by atoms with van der Waals surface area (Å²) in [6, 6.07) is 7.04. The van der Waals surface area contributed by atoms with Gasteiger partial charge in [-0.05, 0) is 43.6 Å². The monoisotopic (exact) mass is 343 g/mol. The first kappa shape index (κ1) is 17.2. The van der Waals surface area contributed by atoms with Crippen molar-refractivity contribution in [3.05, 3.63) is 23.8 Å². The molecule has 2 fully saturated rings. The van der Waals surface area contributed by atoms with Crippen molar-refractivity contribution in [3.63, 3.8) is 0 Å². The molecule has 3 aliphatic rings. The van der Waals surface area contributed by atoms with Crippen LogP contribution in [0, 0.1) is 17.8 Å². The third-order valence-electron chi connectivity index (χ3n) is 6.39. The molecule has 25 heavy (non-hydrogen) atoms. The molecule has 2 heterocycles. The van der Waals surface area contributed by atoms with Gasteiger partial charge in [-0.2, -0.15) is 0 Å². The smallest absolute Gasteiger partial charge is 0.142 e. The minimum atomic E-state index is 0.261. The summed E-state index contributed by atoms with van der Waals surface area (Å²) < 4.78 is 12.4. The quantitative estimate of drug-likeness (QED) is 0.759. The molecular formula is C22H33NO2. The molecule has 3 atom stereocenters. The van der Waals surface area contributed by atoms with Crippen LogP contribution in [0.1, 0.15) is 70.5 Å². The Balaban J connectivity index is 1.58. The molecule has 2 unspecified atom stereocenters. The van der Waals surface area contributed by atoms with Crippen molar-refractivity contribution in [2.75, 3.05) is 18.5 Å². The fourth-order valence-corrected chi connectivity index (χ4v) is 4.99. The molecule has 0 aromatic heterocycles. The molecule has 0 spiro atoms. The minimum Gasteiger partial charge on any atom is -0.491 e. The maximum atomic E-state index is 6.21. The van der Waals surface area contributed by atoms with Gasteiger partial charge in [0.05, 0.1) is 18.4 Å². The van der Waals surface area contributed by atoms with Crippen LogP contribution in [0.5, 0.6) is 5.75 Å². The summed E-state index contributed by atoms with van der Waals surface area (Å²) in [7, 11) is 0. The molecule has 1 saturated carbocycles. The fraction of sp³-hybridized carbons (Fsp3) is 0.727. The number of ether oxygens (including phenoxy) is 2. The summed E-state index contributed by atoms with van der Waals surface area (Å²) in [4.78, 5) is 0. The van der Waals surface area contributed by atoms with Crippen molar-refractivity contribution in [3.8, 4) is 5.75 Å². The van der Waals surface area contributed by atoms with Crippen LogP contribution >= 0.6 is 0 Å². The predicted molar refractivity (Wildman–Crippen MR) is 102 cm³/mol. The molecule has 3 nitrogen and oxygen atoms in total. The van der Waals surface area contributed by atoms with E-state index in [0.717, 1.165) is 31.3 Å². The molecule has 1 aromatic carbocycles. The Hall–Kier alpha value is -1.22. The molecule has 0 amide bonds. The maximum absolute atomic E-state index is 6.21. The second kappa shape index (κ2) is 7.57. The van der Waals surface area contributed by atoms with E-state index < -0.39 is 0 Å². The Morgan fingerprint density at radius 2 is 2.00 bits per heavy atom. The van der Waals surface area contributed by atoms with Gasteiger partial charge >= 0.3 is 0 Å². The van der Waals surface area contributed by atoms with Gasteiger partial charge in [0.15, 0.2) is 0 Å². The van der Waals surface area contributed by atoms with Crippen molar-refractivity contribution in [2.24, 2.45) is 17.8 Å². The normalized spacial score (nSPS) is 29.2. The van der Waals surface area contributed by atoms with E-state index in [4.69, 9.17) is 9.47 Å². The highest BCUT2D eigenvalue weighted by molar-refractivity contribution is 5.65. The van der Waals surface area contributed by atoms with Gasteiger partial charge < -0.3 is 14.8 Å². The molecule has 1 aliphatic carbocycles. The van der Waals surface area contributed by atoms with Gasteiger partial charge in [0.2, 0.25) is 0 Å². The highest BCUT2D eigenvalue weighted by Crippen LogP contribution is 2.50. The van der Waals surface area contributed by atoms with Crippen molar-refractivity contribution in [1.29, 1.82) is 0 Å². The lowest BCUT2D eigenvalue weighted by Gasteiger charge is -2.42. The number of hydrogen-bond acceptors (Lipinski definition) is 3. The molecule has 138 valence electrons. The van der Waals surface area contributed by atoms with Crippen LogP contribution in [0.25, 0.3) is 0 Å². The lowest BCUT2D eigenvalue weighted by molar-refractivity contribution is 0.0728. The zero-order valence-electron chi connectivity index (χ0n) is 15.8. The zero-order chi connectivity index (χ0) is 17.2. The van der Waals surface area contributed by atoms with Crippen molar-refractivity contribution in [1.82, 2.24) is 0 Å². The number of nitrogens with one attached hydrogen (secondary N) is 1. The van der Waals surface area contributed by atoms with Crippen molar-refractivity contribution in [2.45, 2.75) is 70.9 Å². The minimum absolute atomic E-state index is 0.261. The first-order valence-electron chi connectivity index (χ1n) is 10.4. The van der Waals surface area contributed by atoms with Crippen LogP contribution in [0.3, 0.4) is 0 Å². The molecule has 1 saturated heterocycles. The van der Waals surface area contributed by atoms with Crippen LogP contribution in [0.4, 0.5) is 5.69 Å². The summed E-state index contributed by atoms with van der Waals surface area (Å²) >= 11 is 0. The molecule has 2 aliphatic heterocycles. The molecular weight excluding hydrogens is 310 g/mol. The van der Waals surface area contributed by atoms with E-state index >= 15 is 0 Å². The van der Waals surface area contributed by atoms with Gasteiger partial charge in [-0.15, -0.1) is 0 Å². The van der Waals surface area contributed by atoms with Crippen LogP contribution in [0.15, 0.2) is 18.2 Å². The van der Waals surface area contributed by atoms with Crippen molar-refractivity contribution < 1.29 is 9.47 Å². The lowest BCUT2D eigenvalue weighted by atomic mass is 9.73.